The van der Waals surface area contributed by atoms with Crippen LogP contribution in [0, 0.1) is 5.82 Å². The molecule has 3 aromatic rings. The molecule has 3 rings (SSSR count). The number of nitrogens with zero attached hydrogens (tertiary/aromatic N) is 2. The van der Waals surface area contributed by atoms with Gasteiger partial charge in [0.2, 0.25) is 5.95 Å². The smallest absolute Gasteiger partial charge is 0.258 e. The number of carbonyl (C=O) groups excluding carboxylic acids is 1. The van der Waals surface area contributed by atoms with Gasteiger partial charge in [0.1, 0.15) is 5.82 Å². The van der Waals surface area contributed by atoms with Crippen LogP contribution in [-0.4, -0.2) is 15.9 Å². The lowest BCUT2D eigenvalue weighted by Gasteiger charge is -2.07. The molecule has 0 aliphatic rings. The Kier molecular flexibility index (Phi) is 4.99. The number of benzene rings is 2. The Balaban J connectivity index is 1.65. The fourth-order valence-electron chi connectivity index (χ4n) is 2.23. The van der Waals surface area contributed by atoms with Crippen molar-refractivity contribution in [3.63, 3.8) is 0 Å². The molecule has 0 radical (unpaired) electrons. The molecule has 0 saturated heterocycles. The minimum atomic E-state index is -0.414. The van der Waals surface area contributed by atoms with E-state index in [0.29, 0.717) is 11.6 Å². The summed E-state index contributed by atoms with van der Waals surface area (Å²) in [5, 5.41) is 5.68. The molecular formula is C19H17FN4O. The Morgan fingerprint density at radius 2 is 1.76 bits per heavy atom. The Hall–Kier alpha value is -3.28. The molecule has 2 N–H and O–H groups in total. The lowest BCUT2D eigenvalue weighted by atomic mass is 10.1. The van der Waals surface area contributed by atoms with Crippen LogP contribution < -0.4 is 10.6 Å². The second-order valence-corrected chi connectivity index (χ2v) is 5.44. The monoisotopic (exact) mass is 336 g/mol. The summed E-state index contributed by atoms with van der Waals surface area (Å²) in [6.07, 6.45) is 3.82. The van der Waals surface area contributed by atoms with Crippen molar-refractivity contribution in [1.82, 2.24) is 9.97 Å². The van der Waals surface area contributed by atoms with Gasteiger partial charge < -0.3 is 10.6 Å². The van der Waals surface area contributed by atoms with E-state index in [1.807, 2.05) is 24.3 Å². The summed E-state index contributed by atoms with van der Waals surface area (Å²) in [7, 11) is 0. The molecule has 0 atom stereocenters. The first-order chi connectivity index (χ1) is 12.1. The van der Waals surface area contributed by atoms with Crippen molar-refractivity contribution in [1.29, 1.82) is 0 Å². The molecule has 0 spiro atoms. The van der Waals surface area contributed by atoms with Gasteiger partial charge in [0.25, 0.3) is 5.91 Å². The molecule has 6 heteroatoms. The first-order valence-electron chi connectivity index (χ1n) is 7.89. The van der Waals surface area contributed by atoms with Gasteiger partial charge in [-0.2, -0.15) is 0 Å². The zero-order chi connectivity index (χ0) is 17.6. The van der Waals surface area contributed by atoms with Gasteiger partial charge >= 0.3 is 0 Å². The largest absolute Gasteiger partial charge is 0.324 e. The number of hydrogen-bond acceptors (Lipinski definition) is 4. The molecule has 1 aromatic heterocycles. The van der Waals surface area contributed by atoms with Crippen molar-refractivity contribution in [2.75, 3.05) is 10.6 Å². The quantitative estimate of drug-likeness (QED) is 0.734. The normalized spacial score (nSPS) is 10.3. The van der Waals surface area contributed by atoms with E-state index in [9.17, 15) is 9.18 Å². The van der Waals surface area contributed by atoms with E-state index < -0.39 is 11.7 Å². The summed E-state index contributed by atoms with van der Waals surface area (Å²) in [6, 6.07) is 13.7. The van der Waals surface area contributed by atoms with Crippen LogP contribution in [-0.2, 0) is 6.42 Å². The first kappa shape index (κ1) is 16.6. The highest BCUT2D eigenvalue weighted by atomic mass is 19.1. The molecule has 25 heavy (non-hydrogen) atoms. The van der Waals surface area contributed by atoms with Crippen LogP contribution >= 0.6 is 0 Å². The number of halogens is 1. The van der Waals surface area contributed by atoms with E-state index in [4.69, 9.17) is 0 Å². The molecule has 0 aliphatic carbocycles. The maximum absolute atomic E-state index is 13.1. The van der Waals surface area contributed by atoms with Crippen LogP contribution in [0.1, 0.15) is 22.8 Å². The molecule has 0 saturated carbocycles. The lowest BCUT2D eigenvalue weighted by Crippen LogP contribution is -2.13. The van der Waals surface area contributed by atoms with E-state index in [1.165, 1.54) is 36.2 Å². The van der Waals surface area contributed by atoms with Crippen molar-refractivity contribution >= 4 is 23.2 Å². The summed E-state index contributed by atoms with van der Waals surface area (Å²) in [5.74, 6) is -0.418. The highest BCUT2D eigenvalue weighted by Crippen LogP contribution is 2.15. The second kappa shape index (κ2) is 7.53. The van der Waals surface area contributed by atoms with Crippen LogP contribution in [0.4, 0.5) is 21.7 Å². The van der Waals surface area contributed by atoms with Gasteiger partial charge in [-0.1, -0.05) is 25.1 Å². The topological polar surface area (TPSA) is 66.9 Å². The number of carbonyl (C=O) groups is 1. The number of rotatable bonds is 5. The average Bonchev–Trinajstić information content (AvgIpc) is 2.63. The second-order valence-electron chi connectivity index (χ2n) is 5.44. The number of amides is 1. The molecule has 0 aliphatic heterocycles. The van der Waals surface area contributed by atoms with E-state index in [-0.39, 0.29) is 5.56 Å². The average molecular weight is 336 g/mol. The van der Waals surface area contributed by atoms with Gasteiger partial charge in [-0.3, -0.25) is 4.79 Å². The molecule has 5 nitrogen and oxygen atoms in total. The van der Waals surface area contributed by atoms with Crippen molar-refractivity contribution in [3.8, 4) is 0 Å². The van der Waals surface area contributed by atoms with Gasteiger partial charge in [-0.25, -0.2) is 14.4 Å². The Morgan fingerprint density at radius 3 is 2.40 bits per heavy atom. The minimum absolute atomic E-state index is 0.288. The van der Waals surface area contributed by atoms with Crippen LogP contribution in [0.5, 0.6) is 0 Å². The third-order valence-electron chi connectivity index (χ3n) is 3.61. The van der Waals surface area contributed by atoms with Crippen LogP contribution in [0.3, 0.4) is 0 Å². The maximum Gasteiger partial charge on any atom is 0.258 e. The molecule has 0 unspecified atom stereocenters. The van der Waals surface area contributed by atoms with E-state index >= 15 is 0 Å². The molecule has 2 aromatic carbocycles. The third kappa shape index (κ3) is 4.38. The molecule has 0 bridgehead atoms. The third-order valence-corrected chi connectivity index (χ3v) is 3.61. The number of aryl methyl sites for hydroxylation is 1. The Labute approximate surface area is 145 Å². The zero-order valence-electron chi connectivity index (χ0n) is 13.7. The summed E-state index contributed by atoms with van der Waals surface area (Å²) >= 11 is 0. The molecule has 1 heterocycles. The minimum Gasteiger partial charge on any atom is -0.324 e. The Morgan fingerprint density at radius 1 is 1.04 bits per heavy atom. The van der Waals surface area contributed by atoms with Crippen molar-refractivity contribution in [3.05, 3.63) is 77.9 Å². The summed E-state index contributed by atoms with van der Waals surface area (Å²) in [5.41, 5.74) is 2.78. The highest BCUT2D eigenvalue weighted by Gasteiger charge is 2.08. The summed E-state index contributed by atoms with van der Waals surface area (Å²) in [6.45, 7) is 2.10. The van der Waals surface area contributed by atoms with E-state index in [2.05, 4.69) is 27.5 Å². The predicted octanol–water partition coefficient (Wildman–Crippen LogP) is 4.17. The maximum atomic E-state index is 13.1. The fraction of sp³-hybridized carbons (Fsp3) is 0.105. The fourth-order valence-corrected chi connectivity index (χ4v) is 2.23. The number of anilines is 3. The van der Waals surface area contributed by atoms with Crippen LogP contribution in [0.2, 0.25) is 0 Å². The highest BCUT2D eigenvalue weighted by molar-refractivity contribution is 6.03. The number of hydrogen-bond donors (Lipinski definition) is 2. The van der Waals surface area contributed by atoms with Crippen molar-refractivity contribution < 1.29 is 9.18 Å². The predicted molar refractivity (Wildman–Crippen MR) is 95.5 cm³/mol. The molecular weight excluding hydrogens is 319 g/mol. The van der Waals surface area contributed by atoms with Crippen LogP contribution in [0.15, 0.2) is 60.9 Å². The van der Waals surface area contributed by atoms with E-state index in [1.54, 1.807) is 6.07 Å². The van der Waals surface area contributed by atoms with E-state index in [0.717, 1.165) is 12.1 Å². The number of nitrogens with one attached hydrogen (secondary N) is 2. The molecule has 1 amide bonds. The van der Waals surface area contributed by atoms with Gasteiger partial charge in [-0.05, 0) is 42.3 Å². The SMILES string of the molecule is CCc1ccc(Nc2ncc(C(=O)Nc3cccc(F)c3)cn2)cc1. The van der Waals surface area contributed by atoms with Gasteiger partial charge in [0.15, 0.2) is 0 Å². The zero-order valence-corrected chi connectivity index (χ0v) is 13.7. The van der Waals surface area contributed by atoms with Gasteiger partial charge in [0.05, 0.1) is 5.56 Å². The van der Waals surface area contributed by atoms with Crippen LogP contribution in [0.25, 0.3) is 0 Å². The standard InChI is InChI=1S/C19H17FN4O/c1-2-13-6-8-16(9-7-13)24-19-21-11-14(12-22-19)18(25)23-17-5-3-4-15(20)10-17/h3-12H,2H2,1H3,(H,23,25)(H,21,22,24). The van der Waals surface area contributed by atoms with Gasteiger partial charge in [0, 0.05) is 23.8 Å². The summed E-state index contributed by atoms with van der Waals surface area (Å²) < 4.78 is 13.1. The first-order valence-corrected chi connectivity index (χ1v) is 7.89. The summed E-state index contributed by atoms with van der Waals surface area (Å²) in [4.78, 5) is 20.4. The number of aromatic nitrogens is 2. The Bertz CT molecular complexity index is 863. The van der Waals surface area contributed by atoms with Crippen molar-refractivity contribution in [2.24, 2.45) is 0 Å². The van der Waals surface area contributed by atoms with Gasteiger partial charge in [-0.15, -0.1) is 0 Å². The van der Waals surface area contributed by atoms with Crippen molar-refractivity contribution in [2.45, 2.75) is 13.3 Å². The molecule has 0 fully saturated rings. The lowest BCUT2D eigenvalue weighted by molar-refractivity contribution is 0.102. The molecule has 126 valence electrons.